The molecule has 0 fully saturated rings. The average Bonchev–Trinajstić information content (AvgIpc) is 2.25. The highest BCUT2D eigenvalue weighted by molar-refractivity contribution is 6.29. The van der Waals surface area contributed by atoms with Gasteiger partial charge in [0.2, 0.25) is 0 Å². The van der Waals surface area contributed by atoms with Gasteiger partial charge in [-0.1, -0.05) is 11.6 Å². The molecule has 1 heterocycles. The molecule has 1 aromatic rings. The fourth-order valence-corrected chi connectivity index (χ4v) is 1.46. The highest BCUT2D eigenvalue weighted by Crippen LogP contribution is 2.18. The number of hydrogen-bond acceptors (Lipinski definition) is 5. The SMILES string of the molecule is CC(O)CCN(C)c1nnc(Cl)cc1C(N)=O. The molecule has 94 valence electrons. The molecular weight excluding hydrogens is 244 g/mol. The van der Waals surface area contributed by atoms with Gasteiger partial charge in [0.15, 0.2) is 11.0 Å². The van der Waals surface area contributed by atoms with Gasteiger partial charge >= 0.3 is 0 Å². The van der Waals surface area contributed by atoms with Gasteiger partial charge in [0.25, 0.3) is 5.91 Å². The van der Waals surface area contributed by atoms with E-state index in [0.717, 1.165) is 0 Å². The summed E-state index contributed by atoms with van der Waals surface area (Å²) in [4.78, 5) is 12.9. The van der Waals surface area contributed by atoms with Crippen molar-refractivity contribution in [3.8, 4) is 0 Å². The van der Waals surface area contributed by atoms with Crippen molar-refractivity contribution < 1.29 is 9.90 Å². The van der Waals surface area contributed by atoms with E-state index in [-0.39, 0.29) is 10.7 Å². The fraction of sp³-hybridized carbons (Fsp3) is 0.500. The monoisotopic (exact) mass is 258 g/mol. The van der Waals surface area contributed by atoms with E-state index >= 15 is 0 Å². The molecule has 1 atom stereocenters. The fourth-order valence-electron chi connectivity index (χ4n) is 1.31. The molecule has 1 unspecified atom stereocenters. The molecule has 3 N–H and O–H groups in total. The van der Waals surface area contributed by atoms with Crippen LogP contribution in [0.15, 0.2) is 6.07 Å². The van der Waals surface area contributed by atoms with Crippen molar-refractivity contribution >= 4 is 23.3 Å². The molecule has 17 heavy (non-hydrogen) atoms. The number of aliphatic hydroxyl groups excluding tert-OH is 1. The number of anilines is 1. The molecule has 7 heteroatoms. The number of nitrogens with zero attached hydrogens (tertiary/aromatic N) is 3. The van der Waals surface area contributed by atoms with Crippen LogP contribution < -0.4 is 10.6 Å². The third-order valence-electron chi connectivity index (χ3n) is 2.25. The number of carbonyl (C=O) groups is 1. The van der Waals surface area contributed by atoms with E-state index in [1.54, 1.807) is 18.9 Å². The molecule has 0 aliphatic carbocycles. The second-order valence-electron chi connectivity index (χ2n) is 3.83. The Hall–Kier alpha value is -1.40. The topological polar surface area (TPSA) is 92.3 Å². The van der Waals surface area contributed by atoms with Gasteiger partial charge in [-0.05, 0) is 19.4 Å². The van der Waals surface area contributed by atoms with E-state index in [4.69, 9.17) is 17.3 Å². The Balaban J connectivity index is 2.92. The van der Waals surface area contributed by atoms with Crippen molar-refractivity contribution in [2.75, 3.05) is 18.5 Å². The maximum Gasteiger partial charge on any atom is 0.252 e. The lowest BCUT2D eigenvalue weighted by Crippen LogP contribution is -2.26. The van der Waals surface area contributed by atoms with Crippen LogP contribution in [0.2, 0.25) is 5.15 Å². The van der Waals surface area contributed by atoms with Crippen molar-refractivity contribution in [1.82, 2.24) is 10.2 Å². The number of amides is 1. The number of nitrogens with two attached hydrogens (primary N) is 1. The number of halogens is 1. The van der Waals surface area contributed by atoms with Gasteiger partial charge in [-0.3, -0.25) is 4.79 Å². The average molecular weight is 259 g/mol. The van der Waals surface area contributed by atoms with Crippen molar-refractivity contribution in [1.29, 1.82) is 0 Å². The first kappa shape index (κ1) is 13.7. The molecule has 0 aromatic carbocycles. The lowest BCUT2D eigenvalue weighted by molar-refractivity contribution is 0.100. The highest BCUT2D eigenvalue weighted by atomic mass is 35.5. The Labute approximate surface area is 104 Å². The maximum atomic E-state index is 11.2. The number of rotatable bonds is 5. The second-order valence-corrected chi connectivity index (χ2v) is 4.22. The number of carbonyl (C=O) groups excluding carboxylic acids is 1. The van der Waals surface area contributed by atoms with Crippen molar-refractivity contribution in [3.63, 3.8) is 0 Å². The Morgan fingerprint density at radius 1 is 1.65 bits per heavy atom. The van der Waals surface area contributed by atoms with E-state index in [1.165, 1.54) is 6.07 Å². The van der Waals surface area contributed by atoms with Crippen LogP contribution in [0.5, 0.6) is 0 Å². The lowest BCUT2D eigenvalue weighted by atomic mass is 10.2. The molecule has 0 aliphatic heterocycles. The molecule has 0 bridgehead atoms. The Morgan fingerprint density at radius 3 is 2.82 bits per heavy atom. The Bertz CT molecular complexity index is 411. The minimum atomic E-state index is -0.610. The van der Waals surface area contributed by atoms with Crippen LogP contribution >= 0.6 is 11.6 Å². The molecular formula is C10H15ClN4O2. The minimum Gasteiger partial charge on any atom is -0.393 e. The zero-order valence-electron chi connectivity index (χ0n) is 9.72. The van der Waals surface area contributed by atoms with Gasteiger partial charge in [0.05, 0.1) is 11.7 Å². The smallest absolute Gasteiger partial charge is 0.252 e. The predicted octanol–water partition coefficient (Wildman–Crippen LogP) is 0.436. The van der Waals surface area contributed by atoms with Crippen LogP contribution in [0, 0.1) is 0 Å². The standard InChI is InChI=1S/C10H15ClN4O2/c1-6(16)3-4-15(2)10-7(9(12)17)5-8(11)13-14-10/h5-6,16H,3-4H2,1-2H3,(H2,12,17). The molecule has 1 rings (SSSR count). The van der Waals surface area contributed by atoms with Crippen LogP contribution in [0.3, 0.4) is 0 Å². The molecule has 0 radical (unpaired) electrons. The first-order valence-corrected chi connectivity index (χ1v) is 5.52. The van der Waals surface area contributed by atoms with E-state index in [1.807, 2.05) is 0 Å². The van der Waals surface area contributed by atoms with E-state index < -0.39 is 12.0 Å². The third-order valence-corrected chi connectivity index (χ3v) is 2.44. The van der Waals surface area contributed by atoms with E-state index in [9.17, 15) is 9.90 Å². The van der Waals surface area contributed by atoms with Gasteiger partial charge in [-0.2, -0.15) is 0 Å². The number of hydrogen-bond donors (Lipinski definition) is 2. The van der Waals surface area contributed by atoms with Gasteiger partial charge in [0, 0.05) is 13.6 Å². The number of aromatic nitrogens is 2. The highest BCUT2D eigenvalue weighted by Gasteiger charge is 2.15. The zero-order valence-corrected chi connectivity index (χ0v) is 10.5. The predicted molar refractivity (Wildman–Crippen MR) is 65.1 cm³/mol. The maximum absolute atomic E-state index is 11.2. The van der Waals surface area contributed by atoms with Gasteiger partial charge in [-0.25, -0.2) is 0 Å². The van der Waals surface area contributed by atoms with Crippen LogP contribution in [0.25, 0.3) is 0 Å². The van der Waals surface area contributed by atoms with E-state index in [2.05, 4.69) is 10.2 Å². The summed E-state index contributed by atoms with van der Waals surface area (Å²) in [5.74, 6) is -0.247. The summed E-state index contributed by atoms with van der Waals surface area (Å²) >= 11 is 5.65. The summed E-state index contributed by atoms with van der Waals surface area (Å²) in [5, 5.41) is 16.8. The first-order valence-electron chi connectivity index (χ1n) is 5.14. The molecule has 0 saturated heterocycles. The van der Waals surface area contributed by atoms with Crippen LogP contribution in [0.4, 0.5) is 5.82 Å². The Kier molecular flexibility index (Phi) is 4.65. The van der Waals surface area contributed by atoms with Crippen molar-refractivity contribution in [2.45, 2.75) is 19.4 Å². The van der Waals surface area contributed by atoms with Gasteiger partial charge in [-0.15, -0.1) is 10.2 Å². The quantitative estimate of drug-likeness (QED) is 0.799. The summed E-state index contributed by atoms with van der Waals surface area (Å²) < 4.78 is 0. The Morgan fingerprint density at radius 2 is 2.29 bits per heavy atom. The van der Waals surface area contributed by atoms with Crippen LogP contribution in [0.1, 0.15) is 23.7 Å². The van der Waals surface area contributed by atoms with Gasteiger partial charge < -0.3 is 15.7 Å². The first-order chi connectivity index (χ1) is 7.91. The zero-order chi connectivity index (χ0) is 13.0. The molecule has 1 aromatic heterocycles. The number of aliphatic hydroxyl groups is 1. The van der Waals surface area contributed by atoms with E-state index in [0.29, 0.717) is 18.8 Å². The largest absolute Gasteiger partial charge is 0.393 e. The molecule has 0 aliphatic rings. The molecule has 0 saturated carbocycles. The summed E-state index contributed by atoms with van der Waals surface area (Å²) in [6, 6.07) is 1.38. The second kappa shape index (κ2) is 5.79. The normalized spacial score (nSPS) is 12.2. The summed E-state index contributed by atoms with van der Waals surface area (Å²) in [6.45, 7) is 2.23. The number of primary amides is 1. The van der Waals surface area contributed by atoms with Crippen molar-refractivity contribution in [2.24, 2.45) is 5.73 Å². The van der Waals surface area contributed by atoms with Crippen LogP contribution in [-0.2, 0) is 0 Å². The lowest BCUT2D eigenvalue weighted by Gasteiger charge is -2.20. The minimum absolute atomic E-state index is 0.117. The summed E-state index contributed by atoms with van der Waals surface area (Å²) in [7, 11) is 1.74. The third kappa shape index (κ3) is 3.83. The molecule has 1 amide bonds. The van der Waals surface area contributed by atoms with Gasteiger partial charge in [0.1, 0.15) is 0 Å². The summed E-state index contributed by atoms with van der Waals surface area (Å²) in [5.41, 5.74) is 5.46. The molecule has 6 nitrogen and oxygen atoms in total. The molecule has 0 spiro atoms. The summed E-state index contributed by atoms with van der Waals surface area (Å²) in [6.07, 6.45) is 0.133. The van der Waals surface area contributed by atoms with Crippen LogP contribution in [-0.4, -0.2) is 40.9 Å². The van der Waals surface area contributed by atoms with Crippen molar-refractivity contribution in [3.05, 3.63) is 16.8 Å².